The Kier molecular flexibility index (Phi) is 10.6. The lowest BCUT2D eigenvalue weighted by Gasteiger charge is -2.36. The minimum atomic E-state index is -0.294. The molecule has 65 heavy (non-hydrogen) atoms. The number of nitrogens with one attached hydrogen (secondary N) is 6. The van der Waals surface area contributed by atoms with E-state index in [1.807, 2.05) is 12.1 Å². The third kappa shape index (κ3) is 7.77. The van der Waals surface area contributed by atoms with Gasteiger partial charge in [-0.3, -0.25) is 9.80 Å². The van der Waals surface area contributed by atoms with Gasteiger partial charge in [0.15, 0.2) is 11.5 Å². The molecule has 0 aliphatic carbocycles. The highest BCUT2D eigenvalue weighted by molar-refractivity contribution is 6.22. The van der Waals surface area contributed by atoms with Crippen LogP contribution in [0.3, 0.4) is 0 Å². The van der Waals surface area contributed by atoms with Gasteiger partial charge in [0, 0.05) is 129 Å². The fraction of sp³-hybridized carbons (Fsp3) is 0.294. The van der Waals surface area contributed by atoms with Gasteiger partial charge in [0.1, 0.15) is 36.5 Å². The van der Waals surface area contributed by atoms with Crippen LogP contribution in [0.5, 0.6) is 11.5 Å². The highest BCUT2D eigenvalue weighted by Crippen LogP contribution is 2.43. The summed E-state index contributed by atoms with van der Waals surface area (Å²) in [6, 6.07) is 24.2. The van der Waals surface area contributed by atoms with Gasteiger partial charge >= 0.3 is 0 Å². The summed E-state index contributed by atoms with van der Waals surface area (Å²) in [5.74, 6) is 0.203. The van der Waals surface area contributed by atoms with Crippen molar-refractivity contribution >= 4 is 87.2 Å². The largest absolute Gasteiger partial charge is 0.488 e. The molecule has 4 aromatic heterocycles. The summed E-state index contributed by atoms with van der Waals surface area (Å²) >= 11 is 0. The summed E-state index contributed by atoms with van der Waals surface area (Å²) < 4.78 is 69.0. The molecular formula is C51H50F4N8O2. The van der Waals surface area contributed by atoms with Crippen molar-refractivity contribution < 1.29 is 27.0 Å². The van der Waals surface area contributed by atoms with E-state index in [2.05, 4.69) is 61.1 Å². The average molecular weight is 883 g/mol. The first kappa shape index (κ1) is 41.4. The van der Waals surface area contributed by atoms with Gasteiger partial charge in [-0.05, 0) is 106 Å². The van der Waals surface area contributed by atoms with Crippen molar-refractivity contribution in [3.05, 3.63) is 108 Å². The number of piperazine rings is 2. The number of nitrogens with zero attached hydrogens (tertiary/aromatic N) is 2. The molecule has 0 bridgehead atoms. The van der Waals surface area contributed by atoms with Crippen LogP contribution in [0.2, 0.25) is 0 Å². The maximum Gasteiger partial charge on any atom is 0.167 e. The third-order valence-corrected chi connectivity index (χ3v) is 13.1. The molecule has 2 saturated heterocycles. The zero-order valence-electron chi connectivity index (χ0n) is 36.4. The summed E-state index contributed by atoms with van der Waals surface area (Å²) in [7, 11) is 0. The molecule has 10 aromatic rings. The number of aromatic amines is 4. The Morgan fingerprint density at radius 3 is 1.18 bits per heavy atom. The van der Waals surface area contributed by atoms with E-state index in [-0.39, 0.29) is 23.3 Å². The molecule has 0 saturated carbocycles. The third-order valence-electron chi connectivity index (χ3n) is 13.1. The highest BCUT2D eigenvalue weighted by Gasteiger charge is 2.23. The van der Waals surface area contributed by atoms with Gasteiger partial charge < -0.3 is 40.0 Å². The molecule has 0 spiro atoms. The number of H-pyrrole nitrogens is 4. The monoisotopic (exact) mass is 882 g/mol. The first-order chi connectivity index (χ1) is 31.5. The van der Waals surface area contributed by atoms with Gasteiger partial charge in [0.2, 0.25) is 0 Å². The van der Waals surface area contributed by atoms with Gasteiger partial charge in [-0.2, -0.15) is 0 Å². The molecule has 2 aliphatic heterocycles. The Balaban J connectivity index is 0.000000144. The van der Waals surface area contributed by atoms with Crippen molar-refractivity contribution in [2.75, 3.05) is 59.0 Å². The first-order valence-electron chi connectivity index (χ1n) is 22.4. The molecule has 334 valence electrons. The molecule has 10 nitrogen and oxygen atoms in total. The van der Waals surface area contributed by atoms with Crippen LogP contribution in [-0.4, -0.2) is 107 Å². The van der Waals surface area contributed by atoms with E-state index in [1.54, 1.807) is 24.3 Å². The van der Waals surface area contributed by atoms with Crippen molar-refractivity contribution in [2.45, 2.75) is 38.9 Å². The molecule has 6 N–H and O–H groups in total. The number of benzene rings is 6. The second-order valence-corrected chi connectivity index (χ2v) is 17.9. The average Bonchev–Trinajstić information content (AvgIpc) is 4.03. The lowest BCUT2D eigenvalue weighted by molar-refractivity contribution is 0.147. The zero-order valence-corrected chi connectivity index (χ0v) is 36.4. The first-order valence-corrected chi connectivity index (χ1v) is 22.4. The van der Waals surface area contributed by atoms with Crippen molar-refractivity contribution in [1.29, 1.82) is 0 Å². The smallest absolute Gasteiger partial charge is 0.167 e. The summed E-state index contributed by atoms with van der Waals surface area (Å²) in [4.78, 5) is 18.4. The Morgan fingerprint density at radius 2 is 0.815 bits per heavy atom. The fourth-order valence-corrected chi connectivity index (χ4v) is 10.3. The molecule has 0 amide bonds. The van der Waals surface area contributed by atoms with Crippen LogP contribution >= 0.6 is 0 Å². The van der Waals surface area contributed by atoms with Crippen LogP contribution in [0, 0.1) is 23.3 Å². The Morgan fingerprint density at radius 1 is 0.462 bits per heavy atom. The van der Waals surface area contributed by atoms with Gasteiger partial charge in [-0.25, -0.2) is 17.6 Å². The number of halogens is 4. The molecular weight excluding hydrogens is 833 g/mol. The van der Waals surface area contributed by atoms with Crippen LogP contribution in [0.25, 0.3) is 87.2 Å². The van der Waals surface area contributed by atoms with Gasteiger partial charge in [-0.15, -0.1) is 0 Å². The summed E-state index contributed by atoms with van der Waals surface area (Å²) in [5, 5.41) is 13.6. The SMILES string of the molecule is CC1CN(CCOc2c3[nH]c4ccc(F)cc4c3cc3c2[nH]c2ccc(F)cc23)CC(C)N1.CC1CN(CCOc2c3[nH]c4ccc(F)cc4c3cc3c2[nH]c2ccc(F)cc23)CCN1. The number of hydrogen-bond acceptors (Lipinski definition) is 6. The normalized spacial score (nSPS) is 18.8. The van der Waals surface area contributed by atoms with Crippen molar-refractivity contribution in [1.82, 2.24) is 40.4 Å². The van der Waals surface area contributed by atoms with Crippen molar-refractivity contribution in [2.24, 2.45) is 0 Å². The summed E-state index contributed by atoms with van der Waals surface area (Å²) in [6.45, 7) is 14.1. The molecule has 12 rings (SSSR count). The van der Waals surface area contributed by atoms with E-state index in [1.165, 1.54) is 48.5 Å². The fourth-order valence-electron chi connectivity index (χ4n) is 10.3. The van der Waals surface area contributed by atoms with Crippen LogP contribution in [0.1, 0.15) is 20.8 Å². The van der Waals surface area contributed by atoms with Crippen LogP contribution in [0.15, 0.2) is 84.9 Å². The summed E-state index contributed by atoms with van der Waals surface area (Å²) in [5.41, 5.74) is 6.62. The molecule has 14 heteroatoms. The zero-order chi connectivity index (χ0) is 44.5. The van der Waals surface area contributed by atoms with Gasteiger partial charge in [0.25, 0.3) is 0 Å². The van der Waals surface area contributed by atoms with Crippen molar-refractivity contribution in [3.8, 4) is 11.5 Å². The molecule has 3 atom stereocenters. The molecule has 6 aromatic carbocycles. The van der Waals surface area contributed by atoms with E-state index in [4.69, 9.17) is 9.47 Å². The highest BCUT2D eigenvalue weighted by atomic mass is 19.1. The molecule has 0 radical (unpaired) electrons. The predicted octanol–water partition coefficient (Wildman–Crippen LogP) is 10.2. The van der Waals surface area contributed by atoms with Gasteiger partial charge in [-0.1, -0.05) is 0 Å². The van der Waals surface area contributed by atoms with E-state index in [9.17, 15) is 17.6 Å². The number of fused-ring (bicyclic) bond motifs is 12. The standard InChI is InChI=1S/C26H26F2N4O.C25H24F2N4O/c1-14-12-32(13-15(2)29-14)7-8-33-26-24-20(18-9-16(27)3-5-22(18)30-24)11-21-19-10-17(28)4-6-23(19)31-25(21)26;1-14-13-31(7-6-28-14)8-9-32-25-23-19(17-10-15(26)2-4-21(17)29-23)12-20-18-11-16(27)3-5-22(18)30-24(20)25/h3-6,9-11,14-15,29-31H,7-8,12-13H2,1-2H3;2-5,10-12,14,28-30H,6-9,13H2,1H3. The number of aromatic nitrogens is 4. The number of rotatable bonds is 8. The quantitative estimate of drug-likeness (QED) is 0.0848. The Bertz CT molecular complexity index is 3230. The van der Waals surface area contributed by atoms with E-state index < -0.39 is 0 Å². The number of hydrogen-bond donors (Lipinski definition) is 6. The van der Waals surface area contributed by atoms with E-state index in [0.717, 1.165) is 133 Å². The number of ether oxygens (including phenoxy) is 2. The maximum atomic E-state index is 14.1. The predicted molar refractivity (Wildman–Crippen MR) is 254 cm³/mol. The second-order valence-electron chi connectivity index (χ2n) is 17.9. The molecule has 3 unspecified atom stereocenters. The maximum absolute atomic E-state index is 14.1. The topological polar surface area (TPSA) is 112 Å². The summed E-state index contributed by atoms with van der Waals surface area (Å²) in [6.07, 6.45) is 0. The molecule has 2 fully saturated rings. The minimum Gasteiger partial charge on any atom is -0.488 e. The van der Waals surface area contributed by atoms with Crippen LogP contribution in [0.4, 0.5) is 17.6 Å². The minimum absolute atomic E-state index is 0.293. The van der Waals surface area contributed by atoms with Crippen LogP contribution in [-0.2, 0) is 0 Å². The lowest BCUT2D eigenvalue weighted by atomic mass is 10.1. The second kappa shape index (κ2) is 16.6. The van der Waals surface area contributed by atoms with E-state index in [0.29, 0.717) is 42.8 Å². The molecule has 2 aliphatic rings. The van der Waals surface area contributed by atoms with Crippen molar-refractivity contribution in [3.63, 3.8) is 0 Å². The molecule has 6 heterocycles. The van der Waals surface area contributed by atoms with Crippen LogP contribution < -0.4 is 20.1 Å². The van der Waals surface area contributed by atoms with Gasteiger partial charge in [0.05, 0.1) is 22.1 Å². The lowest BCUT2D eigenvalue weighted by Crippen LogP contribution is -2.54. The van der Waals surface area contributed by atoms with E-state index >= 15 is 0 Å². The Hall–Kier alpha value is -6.32. The Labute approximate surface area is 371 Å².